The molecular formula is C29H25F3N2O2. The van der Waals surface area contributed by atoms with Crippen LogP contribution in [0.15, 0.2) is 66.7 Å². The van der Waals surface area contributed by atoms with E-state index in [2.05, 4.69) is 6.07 Å². The average Bonchev–Trinajstić information content (AvgIpc) is 2.87. The Morgan fingerprint density at radius 3 is 2.47 bits per heavy atom. The number of halogens is 3. The van der Waals surface area contributed by atoms with Gasteiger partial charge < -0.3 is 5.11 Å². The zero-order valence-electron chi connectivity index (χ0n) is 19.5. The zero-order chi connectivity index (χ0) is 25.7. The number of benzene rings is 3. The van der Waals surface area contributed by atoms with Crippen molar-refractivity contribution >= 4 is 18.1 Å². The molecule has 7 heteroatoms. The zero-order valence-corrected chi connectivity index (χ0v) is 19.5. The second-order valence-electron chi connectivity index (χ2n) is 8.82. The third-order valence-corrected chi connectivity index (χ3v) is 6.44. The highest BCUT2D eigenvalue weighted by Crippen LogP contribution is 2.35. The van der Waals surface area contributed by atoms with E-state index in [-0.39, 0.29) is 12.1 Å². The van der Waals surface area contributed by atoms with Crippen LogP contribution in [0.4, 0.5) is 13.2 Å². The van der Waals surface area contributed by atoms with Crippen LogP contribution in [-0.2, 0) is 17.5 Å². The van der Waals surface area contributed by atoms with Crippen LogP contribution in [0.5, 0.6) is 0 Å². The number of alkyl halides is 3. The van der Waals surface area contributed by atoms with Gasteiger partial charge in [-0.15, -0.1) is 0 Å². The van der Waals surface area contributed by atoms with Crippen LogP contribution in [0, 0.1) is 11.3 Å². The molecule has 1 aliphatic rings. The van der Waals surface area contributed by atoms with Crippen LogP contribution < -0.4 is 0 Å². The van der Waals surface area contributed by atoms with E-state index in [0.717, 1.165) is 24.5 Å². The van der Waals surface area contributed by atoms with Gasteiger partial charge in [-0.2, -0.15) is 18.4 Å². The number of piperidine rings is 1. The summed E-state index contributed by atoms with van der Waals surface area (Å²) in [6.45, 7) is 0.677. The number of carbonyl (C=O) groups is 1. The van der Waals surface area contributed by atoms with Gasteiger partial charge in [-0.3, -0.25) is 9.69 Å². The summed E-state index contributed by atoms with van der Waals surface area (Å²) in [5.74, 6) is -0.948. The Labute approximate surface area is 207 Å². The molecule has 3 aromatic carbocycles. The van der Waals surface area contributed by atoms with Crippen LogP contribution in [0.1, 0.15) is 47.1 Å². The molecular weight excluding hydrogens is 465 g/mol. The van der Waals surface area contributed by atoms with Crippen molar-refractivity contribution < 1.29 is 23.1 Å². The van der Waals surface area contributed by atoms with E-state index in [1.165, 1.54) is 18.2 Å². The van der Waals surface area contributed by atoms with Gasteiger partial charge >= 0.3 is 12.1 Å². The molecule has 0 aliphatic carbocycles. The summed E-state index contributed by atoms with van der Waals surface area (Å²) in [5, 5.41) is 19.3. The molecule has 0 amide bonds. The minimum atomic E-state index is -4.59. The first-order valence-corrected chi connectivity index (χ1v) is 11.7. The molecule has 1 N–H and O–H groups in total. The number of nitrogens with zero attached hydrogens (tertiary/aromatic N) is 2. The van der Waals surface area contributed by atoms with Gasteiger partial charge in [0.1, 0.15) is 12.1 Å². The molecule has 4 nitrogen and oxygen atoms in total. The Morgan fingerprint density at radius 1 is 1.03 bits per heavy atom. The normalized spacial score (nSPS) is 16.7. The van der Waals surface area contributed by atoms with Crippen molar-refractivity contribution in [2.45, 2.75) is 38.0 Å². The van der Waals surface area contributed by atoms with Crippen molar-refractivity contribution in [2.24, 2.45) is 0 Å². The van der Waals surface area contributed by atoms with Crippen LogP contribution in [0.2, 0.25) is 0 Å². The standard InChI is InChI=1S/C29H25F3N2O2/c30-29(31,32)26-17-20(19-34-16-5-4-11-27(34)28(35)36)12-13-23(26)15-14-22-9-6-10-24(25(22)18-33)21-7-2-1-3-8-21/h1-3,6-10,12-15,17,27H,4-5,11,16,19H2,(H,35,36)/b15-14+/t27-/m0/s1. The largest absolute Gasteiger partial charge is 0.480 e. The van der Waals surface area contributed by atoms with Gasteiger partial charge in [0.05, 0.1) is 11.1 Å². The first-order valence-electron chi connectivity index (χ1n) is 11.7. The lowest BCUT2D eigenvalue weighted by molar-refractivity contribution is -0.145. The monoisotopic (exact) mass is 490 g/mol. The topological polar surface area (TPSA) is 64.3 Å². The summed E-state index contributed by atoms with van der Waals surface area (Å²) in [5.41, 5.74) is 2.06. The third-order valence-electron chi connectivity index (χ3n) is 6.44. The van der Waals surface area contributed by atoms with E-state index in [0.29, 0.717) is 35.2 Å². The SMILES string of the molecule is N#Cc1c(/C=C/c2ccc(CN3CCCC[C@H]3C(=O)O)cc2C(F)(F)F)cccc1-c1ccccc1. The molecule has 0 radical (unpaired) electrons. The van der Waals surface area contributed by atoms with Gasteiger partial charge in [0.15, 0.2) is 0 Å². The van der Waals surface area contributed by atoms with Crippen LogP contribution in [0.3, 0.4) is 0 Å². The number of rotatable bonds is 6. The molecule has 0 aromatic heterocycles. The summed E-state index contributed by atoms with van der Waals surface area (Å²) in [6.07, 6.45) is 0.416. The Hall–Kier alpha value is -3.89. The van der Waals surface area contributed by atoms with Gasteiger partial charge in [-0.05, 0) is 47.7 Å². The predicted molar refractivity (Wildman–Crippen MR) is 133 cm³/mol. The summed E-state index contributed by atoms with van der Waals surface area (Å²) in [4.78, 5) is 13.3. The van der Waals surface area contributed by atoms with Crippen molar-refractivity contribution in [2.75, 3.05) is 6.54 Å². The molecule has 3 aromatic rings. The van der Waals surface area contributed by atoms with Gasteiger partial charge in [0, 0.05) is 12.1 Å². The molecule has 1 saturated heterocycles. The number of carboxylic acids is 1. The Morgan fingerprint density at radius 2 is 1.78 bits per heavy atom. The molecule has 1 aliphatic heterocycles. The molecule has 36 heavy (non-hydrogen) atoms. The fourth-order valence-electron chi connectivity index (χ4n) is 4.66. The number of hydrogen-bond donors (Lipinski definition) is 1. The van der Waals surface area contributed by atoms with E-state index in [4.69, 9.17) is 0 Å². The number of carboxylic acid groups (broad SMARTS) is 1. The van der Waals surface area contributed by atoms with E-state index in [9.17, 15) is 28.3 Å². The van der Waals surface area contributed by atoms with E-state index in [1.54, 1.807) is 23.1 Å². The van der Waals surface area contributed by atoms with Crippen LogP contribution in [-0.4, -0.2) is 28.6 Å². The maximum Gasteiger partial charge on any atom is 0.416 e. The summed E-state index contributed by atoms with van der Waals surface area (Å²) in [7, 11) is 0. The Bertz CT molecular complexity index is 1310. The summed E-state index contributed by atoms with van der Waals surface area (Å²) >= 11 is 0. The molecule has 0 bridgehead atoms. The number of likely N-dealkylation sites (tertiary alicyclic amines) is 1. The molecule has 4 rings (SSSR count). The highest BCUT2D eigenvalue weighted by Gasteiger charge is 2.34. The van der Waals surface area contributed by atoms with Gasteiger partial charge in [-0.25, -0.2) is 0 Å². The lowest BCUT2D eigenvalue weighted by Gasteiger charge is -2.33. The summed E-state index contributed by atoms with van der Waals surface area (Å²) < 4.78 is 41.9. The minimum Gasteiger partial charge on any atom is -0.480 e. The number of nitriles is 1. The van der Waals surface area contributed by atoms with Crippen molar-refractivity contribution in [3.05, 3.63) is 94.5 Å². The fourth-order valence-corrected chi connectivity index (χ4v) is 4.66. The highest BCUT2D eigenvalue weighted by molar-refractivity contribution is 5.81. The van der Waals surface area contributed by atoms with E-state index < -0.39 is 23.8 Å². The molecule has 1 atom stereocenters. The van der Waals surface area contributed by atoms with Crippen molar-refractivity contribution in [1.29, 1.82) is 5.26 Å². The number of aliphatic carboxylic acids is 1. The second-order valence-corrected chi connectivity index (χ2v) is 8.82. The van der Waals surface area contributed by atoms with Crippen LogP contribution >= 0.6 is 0 Å². The molecule has 1 fully saturated rings. The molecule has 0 saturated carbocycles. The third kappa shape index (κ3) is 5.67. The van der Waals surface area contributed by atoms with Crippen molar-refractivity contribution in [3.8, 4) is 17.2 Å². The van der Waals surface area contributed by atoms with E-state index in [1.807, 2.05) is 36.4 Å². The Kier molecular flexibility index (Phi) is 7.56. The van der Waals surface area contributed by atoms with Crippen LogP contribution in [0.25, 0.3) is 23.3 Å². The second kappa shape index (κ2) is 10.8. The first kappa shape index (κ1) is 25.2. The van der Waals surface area contributed by atoms with Gasteiger partial charge in [0.25, 0.3) is 0 Å². The molecule has 0 spiro atoms. The lowest BCUT2D eigenvalue weighted by atomic mass is 9.95. The lowest BCUT2D eigenvalue weighted by Crippen LogP contribution is -2.44. The molecule has 1 heterocycles. The van der Waals surface area contributed by atoms with E-state index >= 15 is 0 Å². The number of hydrogen-bond acceptors (Lipinski definition) is 3. The average molecular weight is 491 g/mol. The predicted octanol–water partition coefficient (Wildman–Crippen LogP) is 6.85. The smallest absolute Gasteiger partial charge is 0.416 e. The fraction of sp³-hybridized carbons (Fsp3) is 0.241. The highest BCUT2D eigenvalue weighted by atomic mass is 19.4. The summed E-state index contributed by atoms with van der Waals surface area (Å²) in [6, 6.07) is 20.2. The minimum absolute atomic E-state index is 0.0197. The van der Waals surface area contributed by atoms with Crippen molar-refractivity contribution in [1.82, 2.24) is 4.90 Å². The maximum absolute atomic E-state index is 14.0. The molecule has 0 unspecified atom stereocenters. The Balaban J connectivity index is 1.66. The van der Waals surface area contributed by atoms with Crippen molar-refractivity contribution in [3.63, 3.8) is 0 Å². The molecule has 184 valence electrons. The van der Waals surface area contributed by atoms with Gasteiger partial charge in [0.2, 0.25) is 0 Å². The maximum atomic E-state index is 14.0. The first-order chi connectivity index (χ1) is 17.3. The quantitative estimate of drug-likeness (QED) is 0.384. The van der Waals surface area contributed by atoms with Gasteiger partial charge in [-0.1, -0.05) is 79.2 Å².